The van der Waals surface area contributed by atoms with Crippen LogP contribution < -0.4 is 5.73 Å². The molecular formula is C13H12ClNS. The number of aryl methyl sites for hydroxylation is 1. The number of rotatable bonds is 2. The summed E-state index contributed by atoms with van der Waals surface area (Å²) in [5.74, 6) is 0. The Morgan fingerprint density at radius 1 is 1.06 bits per heavy atom. The van der Waals surface area contributed by atoms with Gasteiger partial charge >= 0.3 is 0 Å². The highest BCUT2D eigenvalue weighted by Gasteiger charge is 2.04. The van der Waals surface area contributed by atoms with Crippen LogP contribution in [0.2, 0.25) is 5.02 Å². The summed E-state index contributed by atoms with van der Waals surface area (Å²) >= 11 is 7.59. The summed E-state index contributed by atoms with van der Waals surface area (Å²) in [5, 5.41) is 0.608. The van der Waals surface area contributed by atoms with Crippen molar-refractivity contribution in [1.82, 2.24) is 0 Å². The van der Waals surface area contributed by atoms with E-state index in [1.807, 2.05) is 12.1 Å². The Balaban J connectivity index is 2.27. The number of nitrogens with two attached hydrogens (primary N) is 1. The minimum atomic E-state index is 0.608. The summed E-state index contributed by atoms with van der Waals surface area (Å²) in [5.41, 5.74) is 7.81. The van der Waals surface area contributed by atoms with Crippen molar-refractivity contribution in [2.75, 3.05) is 5.73 Å². The fourth-order valence-electron chi connectivity index (χ4n) is 1.34. The first-order valence-corrected chi connectivity index (χ1v) is 6.15. The molecular weight excluding hydrogens is 238 g/mol. The maximum absolute atomic E-state index is 5.97. The van der Waals surface area contributed by atoms with E-state index in [-0.39, 0.29) is 0 Å². The Labute approximate surface area is 105 Å². The van der Waals surface area contributed by atoms with E-state index in [9.17, 15) is 0 Å². The van der Waals surface area contributed by atoms with Gasteiger partial charge < -0.3 is 5.73 Å². The molecule has 0 aliphatic rings. The smallest absolute Gasteiger partial charge is 0.0647 e. The zero-order chi connectivity index (χ0) is 11.5. The van der Waals surface area contributed by atoms with Crippen LogP contribution in [0.4, 0.5) is 5.69 Å². The fraction of sp³-hybridized carbons (Fsp3) is 0.0769. The number of nitrogen functional groups attached to an aromatic ring is 1. The molecule has 0 fully saturated rings. The predicted molar refractivity (Wildman–Crippen MR) is 71.2 cm³/mol. The van der Waals surface area contributed by atoms with E-state index >= 15 is 0 Å². The molecule has 0 heterocycles. The number of halogens is 1. The van der Waals surface area contributed by atoms with Gasteiger partial charge in [-0.15, -0.1) is 0 Å². The highest BCUT2D eigenvalue weighted by atomic mass is 35.5. The van der Waals surface area contributed by atoms with Gasteiger partial charge in [0.05, 0.1) is 10.7 Å². The largest absolute Gasteiger partial charge is 0.397 e. The van der Waals surface area contributed by atoms with Crippen LogP contribution in [0.25, 0.3) is 0 Å². The summed E-state index contributed by atoms with van der Waals surface area (Å²) < 4.78 is 0. The van der Waals surface area contributed by atoms with Gasteiger partial charge in [-0.3, -0.25) is 0 Å². The molecule has 0 aliphatic heterocycles. The minimum absolute atomic E-state index is 0.608. The SMILES string of the molecule is Cc1ccc(Sc2cccc(Cl)c2N)cc1. The van der Waals surface area contributed by atoms with E-state index in [1.165, 1.54) is 10.5 Å². The summed E-state index contributed by atoms with van der Waals surface area (Å²) in [6.45, 7) is 2.07. The zero-order valence-corrected chi connectivity index (χ0v) is 10.5. The van der Waals surface area contributed by atoms with Gasteiger partial charge in [0.2, 0.25) is 0 Å². The quantitative estimate of drug-likeness (QED) is 0.800. The second-order valence-corrected chi connectivity index (χ2v) is 5.09. The molecule has 2 aromatic rings. The minimum Gasteiger partial charge on any atom is -0.397 e. The average Bonchev–Trinajstić information content (AvgIpc) is 2.28. The second-order valence-electron chi connectivity index (χ2n) is 3.57. The maximum atomic E-state index is 5.97. The highest BCUT2D eigenvalue weighted by Crippen LogP contribution is 2.35. The number of hydrogen-bond donors (Lipinski definition) is 1. The monoisotopic (exact) mass is 249 g/mol. The van der Waals surface area contributed by atoms with Gasteiger partial charge in [-0.05, 0) is 31.2 Å². The summed E-state index contributed by atoms with van der Waals surface area (Å²) in [4.78, 5) is 2.16. The number of anilines is 1. The van der Waals surface area contributed by atoms with Crippen LogP contribution in [0, 0.1) is 6.92 Å². The average molecular weight is 250 g/mol. The fourth-order valence-corrected chi connectivity index (χ4v) is 2.46. The van der Waals surface area contributed by atoms with Gasteiger partial charge in [0, 0.05) is 9.79 Å². The lowest BCUT2D eigenvalue weighted by atomic mass is 10.2. The Bertz CT molecular complexity index is 494. The normalized spacial score (nSPS) is 10.4. The van der Waals surface area contributed by atoms with Gasteiger partial charge in [0.15, 0.2) is 0 Å². The standard InChI is InChI=1S/C13H12ClNS/c1-9-5-7-10(8-6-9)16-12-4-2-3-11(14)13(12)15/h2-8H,15H2,1H3. The molecule has 0 aromatic heterocycles. The molecule has 0 unspecified atom stereocenters. The molecule has 2 rings (SSSR count). The molecule has 0 amide bonds. The van der Waals surface area contributed by atoms with Crippen LogP contribution in [-0.4, -0.2) is 0 Å². The van der Waals surface area contributed by atoms with Crippen LogP contribution in [0.1, 0.15) is 5.56 Å². The third-order valence-electron chi connectivity index (χ3n) is 2.26. The van der Waals surface area contributed by atoms with E-state index < -0.39 is 0 Å². The maximum Gasteiger partial charge on any atom is 0.0647 e. The molecule has 2 aromatic carbocycles. The molecule has 2 N–H and O–H groups in total. The van der Waals surface area contributed by atoms with E-state index in [0.717, 1.165) is 4.90 Å². The third kappa shape index (κ3) is 2.52. The lowest BCUT2D eigenvalue weighted by molar-refractivity contribution is 1.36. The lowest BCUT2D eigenvalue weighted by Crippen LogP contribution is -1.89. The van der Waals surface area contributed by atoms with Crippen LogP contribution in [-0.2, 0) is 0 Å². The predicted octanol–water partition coefficient (Wildman–Crippen LogP) is 4.38. The van der Waals surface area contributed by atoms with Crippen molar-refractivity contribution in [1.29, 1.82) is 0 Å². The van der Waals surface area contributed by atoms with Crippen molar-refractivity contribution >= 4 is 29.1 Å². The molecule has 0 atom stereocenters. The van der Waals surface area contributed by atoms with Gasteiger partial charge in [0.1, 0.15) is 0 Å². The van der Waals surface area contributed by atoms with E-state index in [4.69, 9.17) is 17.3 Å². The number of para-hydroxylation sites is 1. The molecule has 0 bridgehead atoms. The molecule has 0 saturated carbocycles. The van der Waals surface area contributed by atoms with Gasteiger partial charge in [0.25, 0.3) is 0 Å². The highest BCUT2D eigenvalue weighted by molar-refractivity contribution is 7.99. The van der Waals surface area contributed by atoms with E-state index in [1.54, 1.807) is 17.8 Å². The first-order valence-electron chi connectivity index (χ1n) is 4.95. The molecule has 0 saturated heterocycles. The molecule has 1 nitrogen and oxygen atoms in total. The molecule has 0 aliphatic carbocycles. The molecule has 0 radical (unpaired) electrons. The van der Waals surface area contributed by atoms with Crippen LogP contribution in [0.15, 0.2) is 52.3 Å². The number of benzene rings is 2. The van der Waals surface area contributed by atoms with E-state index in [0.29, 0.717) is 10.7 Å². The van der Waals surface area contributed by atoms with Crippen LogP contribution >= 0.6 is 23.4 Å². The van der Waals surface area contributed by atoms with Crippen molar-refractivity contribution in [3.8, 4) is 0 Å². The topological polar surface area (TPSA) is 26.0 Å². The third-order valence-corrected chi connectivity index (χ3v) is 3.68. The summed E-state index contributed by atoms with van der Waals surface area (Å²) in [7, 11) is 0. The molecule has 3 heteroatoms. The lowest BCUT2D eigenvalue weighted by Gasteiger charge is -2.06. The Kier molecular flexibility index (Phi) is 3.42. The number of hydrogen-bond acceptors (Lipinski definition) is 2. The molecule has 16 heavy (non-hydrogen) atoms. The summed E-state index contributed by atoms with van der Waals surface area (Å²) in [6, 6.07) is 14.0. The van der Waals surface area contributed by atoms with Crippen molar-refractivity contribution in [3.63, 3.8) is 0 Å². The Morgan fingerprint density at radius 2 is 1.75 bits per heavy atom. The van der Waals surface area contributed by atoms with E-state index in [2.05, 4.69) is 31.2 Å². The Morgan fingerprint density at radius 3 is 2.44 bits per heavy atom. The van der Waals surface area contributed by atoms with Gasteiger partial charge in [-0.2, -0.15) is 0 Å². The van der Waals surface area contributed by atoms with Gasteiger partial charge in [-0.25, -0.2) is 0 Å². The van der Waals surface area contributed by atoms with Crippen LogP contribution in [0.3, 0.4) is 0 Å². The molecule has 0 spiro atoms. The van der Waals surface area contributed by atoms with Gasteiger partial charge in [-0.1, -0.05) is 47.1 Å². The van der Waals surface area contributed by atoms with Crippen molar-refractivity contribution in [2.24, 2.45) is 0 Å². The zero-order valence-electron chi connectivity index (χ0n) is 8.91. The second kappa shape index (κ2) is 4.81. The Hall–Kier alpha value is -1.12. The van der Waals surface area contributed by atoms with Crippen LogP contribution in [0.5, 0.6) is 0 Å². The first-order chi connectivity index (χ1) is 7.66. The molecule has 82 valence electrons. The summed E-state index contributed by atoms with van der Waals surface area (Å²) in [6.07, 6.45) is 0. The van der Waals surface area contributed by atoms with Crippen molar-refractivity contribution in [2.45, 2.75) is 16.7 Å². The first kappa shape index (κ1) is 11.4. The van der Waals surface area contributed by atoms with Crippen molar-refractivity contribution in [3.05, 3.63) is 53.1 Å². The van der Waals surface area contributed by atoms with Crippen molar-refractivity contribution < 1.29 is 0 Å².